The molecule has 1 heterocycles. The summed E-state index contributed by atoms with van der Waals surface area (Å²) in [6, 6.07) is 9.55. The summed E-state index contributed by atoms with van der Waals surface area (Å²) < 4.78 is 0. The van der Waals surface area contributed by atoms with Gasteiger partial charge in [-0.1, -0.05) is 49.6 Å². The molecule has 136 valence electrons. The highest BCUT2D eigenvalue weighted by Gasteiger charge is 2.31. The fraction of sp³-hybridized carbons (Fsp3) is 0.600. The van der Waals surface area contributed by atoms with E-state index in [1.165, 1.54) is 19.3 Å². The largest absolute Gasteiger partial charge is 0.368 e. The molecule has 1 aromatic rings. The van der Waals surface area contributed by atoms with Crippen molar-refractivity contribution in [2.75, 3.05) is 13.1 Å². The van der Waals surface area contributed by atoms with Crippen LogP contribution >= 0.6 is 0 Å². The highest BCUT2D eigenvalue weighted by Crippen LogP contribution is 2.26. The summed E-state index contributed by atoms with van der Waals surface area (Å²) in [5.41, 5.74) is 6.61. The molecule has 0 bridgehead atoms. The van der Waals surface area contributed by atoms with Crippen LogP contribution in [0.2, 0.25) is 0 Å². The van der Waals surface area contributed by atoms with E-state index in [0.29, 0.717) is 0 Å². The Hall–Kier alpha value is -1.88. The highest BCUT2D eigenvalue weighted by atomic mass is 16.2. The lowest BCUT2D eigenvalue weighted by atomic mass is 9.88. The van der Waals surface area contributed by atoms with E-state index >= 15 is 0 Å². The molecular weight excluding hydrogens is 314 g/mol. The Morgan fingerprint density at radius 2 is 1.64 bits per heavy atom. The first-order chi connectivity index (χ1) is 12.1. The third-order valence-electron chi connectivity index (χ3n) is 5.60. The average molecular weight is 343 g/mol. The number of likely N-dealkylation sites (tertiary alicyclic amines) is 1. The Morgan fingerprint density at radius 3 is 2.24 bits per heavy atom. The molecule has 5 heteroatoms. The van der Waals surface area contributed by atoms with Gasteiger partial charge >= 0.3 is 0 Å². The molecule has 25 heavy (non-hydrogen) atoms. The van der Waals surface area contributed by atoms with Gasteiger partial charge in [0.05, 0.1) is 0 Å². The van der Waals surface area contributed by atoms with Gasteiger partial charge in [-0.05, 0) is 31.2 Å². The number of hydrogen-bond donors (Lipinski definition) is 2. The topological polar surface area (TPSA) is 75.4 Å². The van der Waals surface area contributed by atoms with Gasteiger partial charge in [0.15, 0.2) is 0 Å². The molecule has 1 saturated heterocycles. The molecule has 3 N–H and O–H groups in total. The number of nitrogens with two attached hydrogens (primary N) is 1. The average Bonchev–Trinajstić information content (AvgIpc) is 2.65. The van der Waals surface area contributed by atoms with Crippen molar-refractivity contribution < 1.29 is 9.59 Å². The van der Waals surface area contributed by atoms with Crippen molar-refractivity contribution in [1.29, 1.82) is 0 Å². The predicted octanol–water partition coefficient (Wildman–Crippen LogP) is 2.37. The summed E-state index contributed by atoms with van der Waals surface area (Å²) in [5, 5.41) is 3.24. The van der Waals surface area contributed by atoms with Gasteiger partial charge in [-0.2, -0.15) is 0 Å². The number of benzene rings is 1. The van der Waals surface area contributed by atoms with Crippen molar-refractivity contribution in [3.8, 4) is 0 Å². The van der Waals surface area contributed by atoms with Gasteiger partial charge in [-0.25, -0.2) is 0 Å². The van der Waals surface area contributed by atoms with Crippen LogP contribution in [0.4, 0.5) is 0 Å². The molecule has 0 aromatic heterocycles. The molecule has 2 fully saturated rings. The van der Waals surface area contributed by atoms with Gasteiger partial charge in [0.1, 0.15) is 6.04 Å². The molecule has 1 unspecified atom stereocenters. The van der Waals surface area contributed by atoms with Crippen molar-refractivity contribution >= 4 is 11.8 Å². The Balaban J connectivity index is 1.53. The zero-order valence-corrected chi connectivity index (χ0v) is 14.8. The van der Waals surface area contributed by atoms with E-state index in [4.69, 9.17) is 5.73 Å². The van der Waals surface area contributed by atoms with Crippen molar-refractivity contribution in [1.82, 2.24) is 10.2 Å². The number of nitrogens with one attached hydrogen (secondary N) is 1. The lowest BCUT2D eigenvalue weighted by Crippen LogP contribution is -2.49. The number of hydrogen-bond acceptors (Lipinski definition) is 3. The summed E-state index contributed by atoms with van der Waals surface area (Å²) >= 11 is 0. The zero-order valence-electron chi connectivity index (χ0n) is 14.8. The first-order valence-electron chi connectivity index (χ1n) is 9.54. The number of carbonyl (C=O) groups is 2. The fourth-order valence-electron chi connectivity index (χ4n) is 4.18. The van der Waals surface area contributed by atoms with Crippen molar-refractivity contribution in [3.63, 3.8) is 0 Å². The Labute approximate surface area is 150 Å². The summed E-state index contributed by atoms with van der Waals surface area (Å²) in [5.74, 6) is 0.123. The van der Waals surface area contributed by atoms with Crippen LogP contribution in [-0.4, -0.2) is 35.8 Å². The van der Waals surface area contributed by atoms with E-state index in [0.717, 1.165) is 44.3 Å². The molecule has 2 amide bonds. The second kappa shape index (κ2) is 8.48. The number of carbonyl (C=O) groups excluding carboxylic acids is 2. The monoisotopic (exact) mass is 343 g/mol. The first kappa shape index (κ1) is 17.9. The Bertz CT molecular complexity index is 576. The van der Waals surface area contributed by atoms with E-state index in [-0.39, 0.29) is 29.8 Å². The summed E-state index contributed by atoms with van der Waals surface area (Å²) in [7, 11) is 0. The Morgan fingerprint density at radius 1 is 1.00 bits per heavy atom. The van der Waals surface area contributed by atoms with Crippen LogP contribution in [0.1, 0.15) is 56.6 Å². The van der Waals surface area contributed by atoms with E-state index in [1.807, 2.05) is 30.3 Å². The first-order valence-corrected chi connectivity index (χ1v) is 9.54. The van der Waals surface area contributed by atoms with Crippen LogP contribution in [0, 0.1) is 5.92 Å². The fourth-order valence-corrected chi connectivity index (χ4v) is 4.18. The molecule has 2 aliphatic rings. The number of piperidine rings is 1. The smallest absolute Gasteiger partial charge is 0.239 e. The molecule has 1 saturated carbocycles. The number of rotatable bonds is 5. The van der Waals surface area contributed by atoms with Gasteiger partial charge in [0, 0.05) is 25.0 Å². The molecule has 0 spiro atoms. The van der Waals surface area contributed by atoms with Crippen molar-refractivity contribution in [2.45, 2.75) is 57.0 Å². The number of nitrogens with zero attached hydrogens (tertiary/aromatic N) is 1. The van der Waals surface area contributed by atoms with E-state index in [1.54, 1.807) is 0 Å². The number of amides is 2. The Kier molecular flexibility index (Phi) is 6.08. The number of primary amides is 1. The highest BCUT2D eigenvalue weighted by molar-refractivity contribution is 5.81. The van der Waals surface area contributed by atoms with Crippen LogP contribution in [-0.2, 0) is 9.59 Å². The maximum atomic E-state index is 12.4. The van der Waals surface area contributed by atoms with Gasteiger partial charge in [0.25, 0.3) is 0 Å². The van der Waals surface area contributed by atoms with Crippen LogP contribution < -0.4 is 11.1 Å². The van der Waals surface area contributed by atoms with Crippen LogP contribution in [0.25, 0.3) is 0 Å². The molecule has 1 aliphatic heterocycles. The van der Waals surface area contributed by atoms with Crippen molar-refractivity contribution in [2.24, 2.45) is 11.7 Å². The summed E-state index contributed by atoms with van der Waals surface area (Å²) in [6.45, 7) is 1.55. The third-order valence-corrected chi connectivity index (χ3v) is 5.60. The van der Waals surface area contributed by atoms with Crippen LogP contribution in [0.3, 0.4) is 0 Å². The molecule has 1 aromatic carbocycles. The molecule has 5 nitrogen and oxygen atoms in total. The van der Waals surface area contributed by atoms with Crippen LogP contribution in [0.15, 0.2) is 30.3 Å². The van der Waals surface area contributed by atoms with E-state index in [9.17, 15) is 9.59 Å². The van der Waals surface area contributed by atoms with E-state index < -0.39 is 0 Å². The van der Waals surface area contributed by atoms with E-state index in [2.05, 4.69) is 10.2 Å². The minimum absolute atomic E-state index is 0.203. The second-order valence-electron chi connectivity index (χ2n) is 7.37. The van der Waals surface area contributed by atoms with Gasteiger partial charge < -0.3 is 11.1 Å². The van der Waals surface area contributed by atoms with Crippen LogP contribution in [0.5, 0.6) is 0 Å². The normalized spacial score (nSPS) is 21.6. The maximum absolute atomic E-state index is 12.4. The van der Waals surface area contributed by atoms with Gasteiger partial charge in [-0.3, -0.25) is 14.5 Å². The minimum atomic E-state index is -0.379. The van der Waals surface area contributed by atoms with Gasteiger partial charge in [0.2, 0.25) is 11.8 Å². The van der Waals surface area contributed by atoms with Crippen molar-refractivity contribution in [3.05, 3.63) is 35.9 Å². The summed E-state index contributed by atoms with van der Waals surface area (Å²) in [4.78, 5) is 26.5. The second-order valence-corrected chi connectivity index (χ2v) is 7.37. The minimum Gasteiger partial charge on any atom is -0.368 e. The molecule has 1 aliphatic carbocycles. The lowest BCUT2D eigenvalue weighted by molar-refractivity contribution is -0.128. The quantitative estimate of drug-likeness (QED) is 0.862. The zero-order chi connectivity index (χ0) is 17.6. The summed E-state index contributed by atoms with van der Waals surface area (Å²) in [6.07, 6.45) is 7.41. The molecular formula is C20H29N3O2. The predicted molar refractivity (Wildman–Crippen MR) is 97.7 cm³/mol. The third kappa shape index (κ3) is 4.60. The molecule has 1 atom stereocenters. The maximum Gasteiger partial charge on any atom is 0.239 e. The molecule has 0 radical (unpaired) electrons. The van der Waals surface area contributed by atoms with Gasteiger partial charge in [-0.15, -0.1) is 0 Å². The lowest BCUT2D eigenvalue weighted by Gasteiger charge is -2.37. The SMILES string of the molecule is NC(=O)C(c1ccccc1)N1CCC(NC(=O)C2CCCCC2)CC1. The standard InChI is InChI=1S/C20H29N3O2/c21-19(24)18(15-7-3-1-4-8-15)23-13-11-17(12-14-23)22-20(25)16-9-5-2-6-10-16/h1,3-4,7-8,16-18H,2,5-6,9-14H2,(H2,21,24)(H,22,25). The molecule has 3 rings (SSSR count).